The Labute approximate surface area is 92.8 Å². The smallest absolute Gasteiger partial charge is 0.337 e. The van der Waals surface area contributed by atoms with Gasteiger partial charge in [0.05, 0.1) is 31.5 Å². The van der Waals surface area contributed by atoms with Crippen LogP contribution in [0.15, 0.2) is 30.5 Å². The van der Waals surface area contributed by atoms with Gasteiger partial charge in [-0.25, -0.2) is 4.79 Å². The summed E-state index contributed by atoms with van der Waals surface area (Å²) in [6, 6.07) is 7.08. The second-order valence-corrected chi connectivity index (χ2v) is 3.27. The normalized spacial score (nSPS) is 10.1. The van der Waals surface area contributed by atoms with Gasteiger partial charge in [-0.3, -0.25) is 4.98 Å². The molecule has 0 fully saturated rings. The van der Waals surface area contributed by atoms with Gasteiger partial charge in [0, 0.05) is 5.39 Å². The van der Waals surface area contributed by atoms with E-state index in [-0.39, 0.29) is 5.97 Å². The van der Waals surface area contributed by atoms with Crippen LogP contribution in [0, 0.1) is 0 Å². The Morgan fingerprint density at radius 2 is 2.06 bits per heavy atom. The molecule has 4 heteroatoms. The number of fused-ring (bicyclic) bond motifs is 1. The number of methoxy groups -OCH3 is 2. The summed E-state index contributed by atoms with van der Waals surface area (Å²) in [5.41, 5.74) is 1.23. The van der Waals surface area contributed by atoms with E-state index < -0.39 is 0 Å². The maximum atomic E-state index is 11.3. The number of esters is 1. The number of carbonyl (C=O) groups excluding carboxylic acids is 1. The van der Waals surface area contributed by atoms with Crippen molar-refractivity contribution in [2.45, 2.75) is 0 Å². The molecule has 0 bridgehead atoms. The highest BCUT2D eigenvalue weighted by atomic mass is 16.5. The largest absolute Gasteiger partial charge is 0.495 e. The number of nitrogens with zero attached hydrogens (tertiary/aromatic N) is 1. The van der Waals surface area contributed by atoms with Crippen LogP contribution in [0.4, 0.5) is 0 Å². The zero-order valence-corrected chi connectivity index (χ0v) is 9.06. The molecule has 2 rings (SSSR count). The molecule has 0 spiro atoms. The van der Waals surface area contributed by atoms with Gasteiger partial charge in [0.1, 0.15) is 5.75 Å². The van der Waals surface area contributed by atoms with Crippen molar-refractivity contribution >= 4 is 16.9 Å². The van der Waals surface area contributed by atoms with Crippen LogP contribution in [0.5, 0.6) is 5.75 Å². The average molecular weight is 217 g/mol. The predicted molar refractivity (Wildman–Crippen MR) is 59.6 cm³/mol. The van der Waals surface area contributed by atoms with Crippen LogP contribution in [0.25, 0.3) is 10.9 Å². The van der Waals surface area contributed by atoms with Crippen molar-refractivity contribution in [3.8, 4) is 5.75 Å². The summed E-state index contributed by atoms with van der Waals surface area (Å²) in [6.07, 6.45) is 1.61. The molecule has 0 saturated carbocycles. The van der Waals surface area contributed by atoms with E-state index in [0.29, 0.717) is 11.3 Å². The van der Waals surface area contributed by atoms with Crippen molar-refractivity contribution in [1.29, 1.82) is 0 Å². The maximum absolute atomic E-state index is 11.3. The molecule has 1 aromatic heterocycles. The van der Waals surface area contributed by atoms with E-state index in [1.807, 2.05) is 12.1 Å². The maximum Gasteiger partial charge on any atom is 0.337 e. The second kappa shape index (κ2) is 4.18. The summed E-state index contributed by atoms with van der Waals surface area (Å²) < 4.78 is 9.71. The molecule has 1 heterocycles. The van der Waals surface area contributed by atoms with E-state index in [9.17, 15) is 4.79 Å². The molecule has 2 aromatic rings. The van der Waals surface area contributed by atoms with Gasteiger partial charge < -0.3 is 9.47 Å². The van der Waals surface area contributed by atoms with Crippen LogP contribution in [0.1, 0.15) is 10.4 Å². The van der Waals surface area contributed by atoms with Crippen LogP contribution in [0.2, 0.25) is 0 Å². The van der Waals surface area contributed by atoms with Crippen molar-refractivity contribution in [2.75, 3.05) is 14.2 Å². The molecule has 0 unspecified atom stereocenters. The van der Waals surface area contributed by atoms with E-state index in [1.165, 1.54) is 7.11 Å². The quantitative estimate of drug-likeness (QED) is 0.722. The van der Waals surface area contributed by atoms with Crippen LogP contribution >= 0.6 is 0 Å². The second-order valence-electron chi connectivity index (χ2n) is 3.27. The third-order valence-corrected chi connectivity index (χ3v) is 2.32. The van der Waals surface area contributed by atoms with Crippen LogP contribution in [-0.2, 0) is 4.74 Å². The predicted octanol–water partition coefficient (Wildman–Crippen LogP) is 2.03. The molecule has 0 saturated heterocycles. The number of carbonyl (C=O) groups is 1. The third-order valence-electron chi connectivity index (χ3n) is 2.32. The molecule has 1 aromatic carbocycles. The number of aromatic nitrogens is 1. The Balaban J connectivity index is 2.51. The number of ether oxygens (including phenoxy) is 2. The molecule has 82 valence electrons. The van der Waals surface area contributed by atoms with Crippen molar-refractivity contribution in [2.24, 2.45) is 0 Å². The summed E-state index contributed by atoms with van der Waals surface area (Å²) in [7, 11) is 2.94. The number of hydrogen-bond donors (Lipinski definition) is 0. The zero-order chi connectivity index (χ0) is 11.5. The van der Waals surface area contributed by atoms with Crippen molar-refractivity contribution in [3.63, 3.8) is 0 Å². The van der Waals surface area contributed by atoms with Gasteiger partial charge in [-0.1, -0.05) is 6.07 Å². The fraction of sp³-hybridized carbons (Fsp3) is 0.167. The first-order valence-electron chi connectivity index (χ1n) is 4.76. The molecule has 0 aliphatic heterocycles. The lowest BCUT2D eigenvalue weighted by Crippen LogP contribution is -2.00. The molecule has 0 amide bonds. The van der Waals surface area contributed by atoms with Gasteiger partial charge in [0.15, 0.2) is 0 Å². The Bertz CT molecular complexity index is 537. The van der Waals surface area contributed by atoms with Gasteiger partial charge in [0.2, 0.25) is 0 Å². The van der Waals surface area contributed by atoms with E-state index in [4.69, 9.17) is 4.74 Å². The summed E-state index contributed by atoms with van der Waals surface area (Å²) in [5, 5.41) is 0.923. The fourth-order valence-corrected chi connectivity index (χ4v) is 1.46. The minimum Gasteiger partial charge on any atom is -0.495 e. The number of pyridine rings is 1. The summed E-state index contributed by atoms with van der Waals surface area (Å²) in [6.45, 7) is 0. The highest BCUT2D eigenvalue weighted by molar-refractivity contribution is 5.94. The lowest BCUT2D eigenvalue weighted by Gasteiger charge is -2.03. The number of rotatable bonds is 2. The minimum atomic E-state index is -0.362. The molecule has 0 aliphatic carbocycles. The highest BCUT2D eigenvalue weighted by Crippen LogP contribution is 2.19. The molecule has 4 nitrogen and oxygen atoms in total. The Kier molecular flexibility index (Phi) is 2.72. The molecule has 0 atom stereocenters. The SMILES string of the molecule is COC(=O)c1ccc2cc(OC)cnc2c1. The molecule has 0 aliphatic rings. The molecule has 0 N–H and O–H groups in total. The van der Waals surface area contributed by atoms with E-state index >= 15 is 0 Å². The van der Waals surface area contributed by atoms with Gasteiger partial charge in [0.25, 0.3) is 0 Å². The van der Waals surface area contributed by atoms with Crippen molar-refractivity contribution in [3.05, 3.63) is 36.0 Å². The topological polar surface area (TPSA) is 48.4 Å². The average Bonchev–Trinajstić information content (AvgIpc) is 2.36. The van der Waals surface area contributed by atoms with Gasteiger partial charge >= 0.3 is 5.97 Å². The summed E-state index contributed by atoms with van der Waals surface area (Å²) >= 11 is 0. The standard InChI is InChI=1S/C12H11NO3/c1-15-10-5-8-3-4-9(12(14)16-2)6-11(8)13-7-10/h3-7H,1-2H3. The van der Waals surface area contributed by atoms with Crippen LogP contribution < -0.4 is 4.74 Å². The molecule has 16 heavy (non-hydrogen) atoms. The van der Waals surface area contributed by atoms with Crippen molar-refractivity contribution < 1.29 is 14.3 Å². The van der Waals surface area contributed by atoms with E-state index in [0.717, 1.165) is 10.9 Å². The molecular weight excluding hydrogens is 206 g/mol. The summed E-state index contributed by atoms with van der Waals surface area (Å²) in [5.74, 6) is 0.331. The third kappa shape index (κ3) is 1.82. The van der Waals surface area contributed by atoms with Gasteiger partial charge in [-0.15, -0.1) is 0 Å². The van der Waals surface area contributed by atoms with Gasteiger partial charge in [-0.05, 0) is 18.2 Å². The number of benzene rings is 1. The number of hydrogen-bond acceptors (Lipinski definition) is 4. The van der Waals surface area contributed by atoms with Crippen LogP contribution in [0.3, 0.4) is 0 Å². The first kappa shape index (κ1) is 10.4. The monoisotopic (exact) mass is 217 g/mol. The Morgan fingerprint density at radius 3 is 2.75 bits per heavy atom. The lowest BCUT2D eigenvalue weighted by molar-refractivity contribution is 0.0601. The van der Waals surface area contributed by atoms with E-state index in [2.05, 4.69) is 9.72 Å². The van der Waals surface area contributed by atoms with Gasteiger partial charge in [-0.2, -0.15) is 0 Å². The minimum absolute atomic E-state index is 0.362. The Morgan fingerprint density at radius 1 is 1.25 bits per heavy atom. The summed E-state index contributed by atoms with van der Waals surface area (Å²) in [4.78, 5) is 15.5. The fourth-order valence-electron chi connectivity index (χ4n) is 1.46. The zero-order valence-electron chi connectivity index (χ0n) is 9.06. The first-order chi connectivity index (χ1) is 7.74. The lowest BCUT2D eigenvalue weighted by atomic mass is 10.1. The van der Waals surface area contributed by atoms with Crippen molar-refractivity contribution in [1.82, 2.24) is 4.98 Å². The molecular formula is C12H11NO3. The van der Waals surface area contributed by atoms with E-state index in [1.54, 1.807) is 25.4 Å². The Hall–Kier alpha value is -2.10. The van der Waals surface area contributed by atoms with Crippen LogP contribution in [-0.4, -0.2) is 25.2 Å². The first-order valence-corrected chi connectivity index (χ1v) is 4.76. The highest BCUT2D eigenvalue weighted by Gasteiger charge is 2.06. The molecule has 0 radical (unpaired) electrons.